The van der Waals surface area contributed by atoms with E-state index in [1.807, 2.05) is 54.6 Å². The molecule has 0 fully saturated rings. The van der Waals surface area contributed by atoms with Crippen LogP contribution in [0.5, 0.6) is 5.75 Å². The molecule has 4 rings (SSSR count). The van der Waals surface area contributed by atoms with Crippen LogP contribution in [-0.2, 0) is 5.75 Å². The first-order valence-corrected chi connectivity index (χ1v) is 9.50. The largest absolute Gasteiger partial charge is 0.497 e. The van der Waals surface area contributed by atoms with E-state index in [4.69, 9.17) is 4.74 Å². The molecule has 2 aromatic carbocycles. The number of hydrogen-bond acceptors (Lipinski definition) is 5. The molecule has 0 amide bonds. The first-order valence-electron chi connectivity index (χ1n) is 8.52. The number of ether oxygens (including phenoxy) is 1. The Morgan fingerprint density at radius 1 is 0.889 bits per heavy atom. The zero-order chi connectivity index (χ0) is 18.5. The number of aromatic nitrogens is 4. The fourth-order valence-corrected chi connectivity index (χ4v) is 3.65. The minimum Gasteiger partial charge on any atom is -0.497 e. The molecule has 5 nitrogen and oxygen atoms in total. The second-order valence-electron chi connectivity index (χ2n) is 5.85. The number of hydrogen-bond donors (Lipinski definition) is 0. The van der Waals surface area contributed by atoms with Crippen LogP contribution in [0.15, 0.2) is 84.3 Å². The monoisotopic (exact) mass is 374 g/mol. The van der Waals surface area contributed by atoms with Crippen LogP contribution in [0.4, 0.5) is 0 Å². The molecule has 0 unspecified atom stereocenters. The van der Waals surface area contributed by atoms with Gasteiger partial charge in [-0.05, 0) is 42.0 Å². The number of pyridine rings is 1. The maximum atomic E-state index is 5.28. The fraction of sp³-hybridized carbons (Fsp3) is 0.0952. The van der Waals surface area contributed by atoms with Gasteiger partial charge in [0.05, 0.1) is 7.11 Å². The minimum atomic E-state index is 0.790. The standard InChI is InChI=1S/C21H18N4OS/c1-26-19-9-7-18(8-10-19)25-20(17-11-13-22-14-12-17)23-24-21(25)27-15-16-5-3-2-4-6-16/h2-14H,15H2,1H3. The molecule has 0 aliphatic carbocycles. The van der Waals surface area contributed by atoms with Crippen molar-refractivity contribution in [2.45, 2.75) is 10.9 Å². The molecular formula is C21H18N4OS. The Bertz CT molecular complexity index is 1000. The van der Waals surface area contributed by atoms with E-state index < -0.39 is 0 Å². The molecule has 27 heavy (non-hydrogen) atoms. The lowest BCUT2D eigenvalue weighted by molar-refractivity contribution is 0.414. The highest BCUT2D eigenvalue weighted by atomic mass is 32.2. The first kappa shape index (κ1) is 17.3. The van der Waals surface area contributed by atoms with Crippen LogP contribution in [0.25, 0.3) is 17.1 Å². The van der Waals surface area contributed by atoms with Crippen LogP contribution in [0.2, 0.25) is 0 Å². The zero-order valence-electron chi connectivity index (χ0n) is 14.8. The van der Waals surface area contributed by atoms with Gasteiger partial charge in [-0.2, -0.15) is 0 Å². The number of nitrogens with zero attached hydrogens (tertiary/aromatic N) is 4. The highest BCUT2D eigenvalue weighted by Gasteiger charge is 2.16. The van der Waals surface area contributed by atoms with E-state index in [2.05, 4.69) is 31.9 Å². The summed E-state index contributed by atoms with van der Waals surface area (Å²) in [7, 11) is 1.66. The third kappa shape index (κ3) is 3.85. The second-order valence-corrected chi connectivity index (χ2v) is 6.79. The van der Waals surface area contributed by atoms with E-state index in [0.29, 0.717) is 0 Å². The van der Waals surface area contributed by atoms with Gasteiger partial charge in [-0.15, -0.1) is 10.2 Å². The van der Waals surface area contributed by atoms with Gasteiger partial charge in [0, 0.05) is 29.4 Å². The summed E-state index contributed by atoms with van der Waals surface area (Å²) in [5.41, 5.74) is 3.21. The highest BCUT2D eigenvalue weighted by Crippen LogP contribution is 2.30. The molecule has 0 bridgehead atoms. The highest BCUT2D eigenvalue weighted by molar-refractivity contribution is 7.98. The molecule has 0 aliphatic rings. The fourth-order valence-electron chi connectivity index (χ4n) is 2.74. The lowest BCUT2D eigenvalue weighted by atomic mass is 10.2. The van der Waals surface area contributed by atoms with Gasteiger partial charge in [0.2, 0.25) is 0 Å². The van der Waals surface area contributed by atoms with Crippen LogP contribution < -0.4 is 4.74 Å². The molecule has 2 heterocycles. The van der Waals surface area contributed by atoms with Gasteiger partial charge in [-0.1, -0.05) is 42.1 Å². The van der Waals surface area contributed by atoms with Gasteiger partial charge in [0.15, 0.2) is 11.0 Å². The van der Waals surface area contributed by atoms with Gasteiger partial charge in [0.1, 0.15) is 5.75 Å². The molecule has 134 valence electrons. The molecule has 0 spiro atoms. The first-order chi connectivity index (χ1) is 13.3. The predicted molar refractivity (Wildman–Crippen MR) is 107 cm³/mol. The van der Waals surface area contributed by atoms with E-state index in [1.54, 1.807) is 31.3 Å². The van der Waals surface area contributed by atoms with Gasteiger partial charge in [0.25, 0.3) is 0 Å². The quantitative estimate of drug-likeness (QED) is 0.461. The van der Waals surface area contributed by atoms with Crippen molar-refractivity contribution in [1.29, 1.82) is 0 Å². The van der Waals surface area contributed by atoms with Gasteiger partial charge >= 0.3 is 0 Å². The Labute approximate surface area is 162 Å². The van der Waals surface area contributed by atoms with E-state index in [0.717, 1.165) is 33.7 Å². The SMILES string of the molecule is COc1ccc(-n2c(SCc3ccccc3)nnc2-c2ccncc2)cc1. The molecule has 6 heteroatoms. The predicted octanol–water partition coefficient (Wildman–Crippen LogP) is 4.63. The summed E-state index contributed by atoms with van der Waals surface area (Å²) in [5.74, 6) is 2.43. The number of rotatable bonds is 6. The average Bonchev–Trinajstić information content (AvgIpc) is 3.17. The Hall–Kier alpha value is -3.12. The molecular weight excluding hydrogens is 356 g/mol. The van der Waals surface area contributed by atoms with Gasteiger partial charge in [-0.3, -0.25) is 9.55 Å². The Morgan fingerprint density at radius 2 is 1.63 bits per heavy atom. The van der Waals surface area contributed by atoms with Crippen molar-refractivity contribution in [2.75, 3.05) is 7.11 Å². The molecule has 4 aromatic rings. The number of thioether (sulfide) groups is 1. The summed E-state index contributed by atoms with van der Waals surface area (Å²) in [5, 5.41) is 9.74. The number of methoxy groups -OCH3 is 1. The summed E-state index contributed by atoms with van der Waals surface area (Å²) >= 11 is 1.66. The summed E-state index contributed by atoms with van der Waals surface area (Å²) in [6.07, 6.45) is 3.53. The van der Waals surface area contributed by atoms with Crippen molar-refractivity contribution in [3.63, 3.8) is 0 Å². The molecule has 0 N–H and O–H groups in total. The topological polar surface area (TPSA) is 52.8 Å². The number of benzene rings is 2. The lowest BCUT2D eigenvalue weighted by Crippen LogP contribution is -2.00. The van der Waals surface area contributed by atoms with E-state index in [-0.39, 0.29) is 0 Å². The third-order valence-electron chi connectivity index (χ3n) is 4.11. The van der Waals surface area contributed by atoms with Crippen LogP contribution in [0.1, 0.15) is 5.56 Å². The van der Waals surface area contributed by atoms with Crippen LogP contribution in [0, 0.1) is 0 Å². The second kappa shape index (κ2) is 8.05. The van der Waals surface area contributed by atoms with Crippen LogP contribution >= 0.6 is 11.8 Å². The molecule has 0 saturated heterocycles. The van der Waals surface area contributed by atoms with E-state index in [9.17, 15) is 0 Å². The summed E-state index contributed by atoms with van der Waals surface area (Å²) < 4.78 is 7.35. The maximum Gasteiger partial charge on any atom is 0.196 e. The normalized spacial score (nSPS) is 10.7. The average molecular weight is 374 g/mol. The minimum absolute atomic E-state index is 0.790. The molecule has 2 aromatic heterocycles. The summed E-state index contributed by atoms with van der Waals surface area (Å²) in [6.45, 7) is 0. The van der Waals surface area contributed by atoms with Gasteiger partial charge in [-0.25, -0.2) is 0 Å². The molecule has 0 aliphatic heterocycles. The van der Waals surface area contributed by atoms with Crippen molar-refractivity contribution < 1.29 is 4.74 Å². The van der Waals surface area contributed by atoms with Crippen molar-refractivity contribution in [2.24, 2.45) is 0 Å². The van der Waals surface area contributed by atoms with Crippen LogP contribution in [0.3, 0.4) is 0 Å². The van der Waals surface area contributed by atoms with Crippen molar-refractivity contribution >= 4 is 11.8 Å². The van der Waals surface area contributed by atoms with Gasteiger partial charge < -0.3 is 4.74 Å². The van der Waals surface area contributed by atoms with Crippen molar-refractivity contribution in [3.05, 3.63) is 84.7 Å². The smallest absolute Gasteiger partial charge is 0.196 e. The molecule has 0 atom stereocenters. The molecule has 0 radical (unpaired) electrons. The summed E-state index contributed by atoms with van der Waals surface area (Å²) in [6, 6.07) is 22.1. The molecule has 0 saturated carbocycles. The van der Waals surface area contributed by atoms with E-state index >= 15 is 0 Å². The Balaban J connectivity index is 1.73. The summed E-state index contributed by atoms with van der Waals surface area (Å²) in [4.78, 5) is 4.10. The van der Waals surface area contributed by atoms with Crippen LogP contribution in [-0.4, -0.2) is 26.9 Å². The third-order valence-corrected chi connectivity index (χ3v) is 5.11. The van der Waals surface area contributed by atoms with Crippen molar-refractivity contribution in [3.8, 4) is 22.8 Å². The lowest BCUT2D eigenvalue weighted by Gasteiger charge is -2.11. The zero-order valence-corrected chi connectivity index (χ0v) is 15.6. The van der Waals surface area contributed by atoms with Crippen molar-refractivity contribution in [1.82, 2.24) is 19.7 Å². The Kier molecular flexibility index (Phi) is 5.16. The van der Waals surface area contributed by atoms with E-state index in [1.165, 1.54) is 5.56 Å². The maximum absolute atomic E-state index is 5.28. The Morgan fingerprint density at radius 3 is 2.33 bits per heavy atom.